The summed E-state index contributed by atoms with van der Waals surface area (Å²) < 4.78 is 17.1. The number of ether oxygens (including phenoxy) is 3. The maximum absolute atomic E-state index is 12.7. The van der Waals surface area contributed by atoms with Gasteiger partial charge in [0.05, 0.1) is 40.3 Å². The Morgan fingerprint density at radius 2 is 1.04 bits per heavy atom. The van der Waals surface area contributed by atoms with Gasteiger partial charge in [0.2, 0.25) is 0 Å². The normalized spacial score (nSPS) is 13.7. The van der Waals surface area contributed by atoms with Crippen molar-refractivity contribution in [1.82, 2.24) is 0 Å². The molecule has 0 aliphatic heterocycles. The van der Waals surface area contributed by atoms with Crippen LogP contribution in [0.15, 0.2) is 72.9 Å². The summed E-state index contributed by atoms with van der Waals surface area (Å²) in [5.41, 5.74) is 0. The first-order valence-corrected chi connectivity index (χ1v) is 21.5. The van der Waals surface area contributed by atoms with Crippen LogP contribution in [0.25, 0.3) is 0 Å². The van der Waals surface area contributed by atoms with E-state index < -0.39 is 18.1 Å². The molecule has 314 valence electrons. The molecule has 0 heterocycles. The number of allylic oxidation sites excluding steroid dienone is 12. The van der Waals surface area contributed by atoms with Crippen LogP contribution >= 0.6 is 0 Å². The Kier molecular flexibility index (Phi) is 35.5. The molecule has 2 unspecified atom stereocenters. The van der Waals surface area contributed by atoms with Crippen molar-refractivity contribution in [1.29, 1.82) is 0 Å². The van der Waals surface area contributed by atoms with Crippen molar-refractivity contribution in [3.8, 4) is 0 Å². The van der Waals surface area contributed by atoms with Crippen molar-refractivity contribution in [3.63, 3.8) is 0 Å². The van der Waals surface area contributed by atoms with E-state index in [1.54, 1.807) is 21.1 Å². The lowest BCUT2D eigenvalue weighted by atomic mass is 10.1. The molecule has 0 aromatic rings. The molecule has 0 saturated carbocycles. The molecule has 0 rings (SSSR count). The summed E-state index contributed by atoms with van der Waals surface area (Å²) in [7, 11) is 5.37. The van der Waals surface area contributed by atoms with Crippen molar-refractivity contribution in [2.75, 3.05) is 41.0 Å². The molecular formula is C47H79NO7. The summed E-state index contributed by atoms with van der Waals surface area (Å²) in [6, 6.07) is -0.739. The zero-order valence-electron chi connectivity index (χ0n) is 35.6. The summed E-state index contributed by atoms with van der Waals surface area (Å²) in [5, 5.41) is 11.6. The van der Waals surface area contributed by atoms with Crippen molar-refractivity contribution >= 4 is 17.9 Å². The second-order valence-corrected chi connectivity index (χ2v) is 15.2. The summed E-state index contributed by atoms with van der Waals surface area (Å²) in [4.78, 5) is 36.8. The lowest BCUT2D eigenvalue weighted by Crippen LogP contribution is -2.55. The molecule has 0 spiro atoms. The topological polar surface area (TPSA) is 102 Å². The van der Waals surface area contributed by atoms with Gasteiger partial charge in [0.1, 0.15) is 12.6 Å². The highest BCUT2D eigenvalue weighted by Crippen LogP contribution is 2.12. The molecule has 0 aromatic heterocycles. The molecule has 0 aliphatic carbocycles. The van der Waals surface area contributed by atoms with Crippen LogP contribution in [0.1, 0.15) is 155 Å². The first-order valence-electron chi connectivity index (χ1n) is 21.5. The quantitative estimate of drug-likeness (QED) is 0.0268. The minimum absolute atomic E-state index is 0.0134. The Bertz CT molecular complexity index is 1130. The number of aliphatic carboxylic acids is 1. The standard InChI is InChI=1S/C47H79NO7/c1-6-8-10-12-14-16-18-20-22-23-24-26-27-29-31-33-35-37-45(49)54-42-43(41-53-40-39-44(47(51)52)48(3,4)5)55-46(50)38-36-34-32-30-28-25-21-19-17-15-13-11-9-7-2/h8,10,14,16,20,22,24-26,28-29,31,43-44H,6-7,9,11-13,15,17-19,21,23,27,30,32-42H2,1-5H3/b10-8+,16-14+,22-20+,26-24+,28-25+,31-29+. The van der Waals surface area contributed by atoms with Gasteiger partial charge in [0.15, 0.2) is 6.10 Å². The number of likely N-dealkylation sites (N-methyl/N-ethyl adjacent to an activating group) is 1. The van der Waals surface area contributed by atoms with Gasteiger partial charge in [-0.15, -0.1) is 0 Å². The summed E-state index contributed by atoms with van der Waals surface area (Å²) in [6.07, 6.45) is 46.5. The molecule has 0 bridgehead atoms. The minimum Gasteiger partial charge on any atom is -0.544 e. The average Bonchev–Trinajstić information content (AvgIpc) is 3.14. The number of carboxylic acid groups (broad SMARTS) is 1. The number of carbonyl (C=O) groups excluding carboxylic acids is 3. The summed E-state index contributed by atoms with van der Waals surface area (Å²) >= 11 is 0. The van der Waals surface area contributed by atoms with Crippen LogP contribution in [0.2, 0.25) is 0 Å². The number of carboxylic acids is 1. The van der Waals surface area contributed by atoms with Gasteiger partial charge in [-0.25, -0.2) is 0 Å². The number of unbranched alkanes of at least 4 members (excludes halogenated alkanes) is 11. The van der Waals surface area contributed by atoms with Crippen LogP contribution in [0.4, 0.5) is 0 Å². The predicted molar refractivity (Wildman–Crippen MR) is 226 cm³/mol. The molecule has 8 nitrogen and oxygen atoms in total. The van der Waals surface area contributed by atoms with E-state index in [2.05, 4.69) is 86.8 Å². The van der Waals surface area contributed by atoms with Crippen molar-refractivity contribution in [3.05, 3.63) is 72.9 Å². The molecule has 55 heavy (non-hydrogen) atoms. The van der Waals surface area contributed by atoms with E-state index in [9.17, 15) is 19.5 Å². The number of esters is 2. The third-order valence-corrected chi connectivity index (χ3v) is 9.08. The number of rotatable bonds is 37. The zero-order valence-corrected chi connectivity index (χ0v) is 35.6. The first kappa shape index (κ1) is 51.8. The monoisotopic (exact) mass is 770 g/mol. The lowest BCUT2D eigenvalue weighted by molar-refractivity contribution is -0.889. The Morgan fingerprint density at radius 1 is 0.564 bits per heavy atom. The number of carbonyl (C=O) groups is 3. The maximum Gasteiger partial charge on any atom is 0.306 e. The predicted octanol–water partition coefficient (Wildman–Crippen LogP) is 10.2. The third kappa shape index (κ3) is 36.2. The first-order chi connectivity index (χ1) is 26.6. The van der Waals surface area contributed by atoms with E-state index in [1.807, 2.05) is 0 Å². The van der Waals surface area contributed by atoms with Crippen LogP contribution in [0.3, 0.4) is 0 Å². The molecule has 0 N–H and O–H groups in total. The maximum atomic E-state index is 12.7. The van der Waals surface area contributed by atoms with Gasteiger partial charge in [-0.2, -0.15) is 0 Å². The van der Waals surface area contributed by atoms with Crippen LogP contribution in [-0.2, 0) is 28.6 Å². The van der Waals surface area contributed by atoms with E-state index in [0.717, 1.165) is 70.6 Å². The molecule has 0 aromatic carbocycles. The molecule has 2 atom stereocenters. The van der Waals surface area contributed by atoms with E-state index in [1.165, 1.54) is 44.9 Å². The highest BCUT2D eigenvalue weighted by atomic mass is 16.6. The van der Waals surface area contributed by atoms with Gasteiger partial charge in [0.25, 0.3) is 0 Å². The summed E-state index contributed by atoms with van der Waals surface area (Å²) in [5.74, 6) is -1.84. The van der Waals surface area contributed by atoms with Gasteiger partial charge >= 0.3 is 11.9 Å². The highest BCUT2D eigenvalue weighted by molar-refractivity contribution is 5.70. The number of quaternary nitrogens is 1. The van der Waals surface area contributed by atoms with Crippen LogP contribution < -0.4 is 5.11 Å². The molecule has 0 amide bonds. The molecule has 8 heteroatoms. The van der Waals surface area contributed by atoms with Crippen LogP contribution in [0.5, 0.6) is 0 Å². The fourth-order valence-corrected chi connectivity index (χ4v) is 5.75. The van der Waals surface area contributed by atoms with E-state index in [-0.39, 0.29) is 55.5 Å². The van der Waals surface area contributed by atoms with Gasteiger partial charge in [-0.1, -0.05) is 132 Å². The highest BCUT2D eigenvalue weighted by Gasteiger charge is 2.25. The minimum atomic E-state index is -1.14. The van der Waals surface area contributed by atoms with Gasteiger partial charge in [-0.3, -0.25) is 9.59 Å². The second-order valence-electron chi connectivity index (χ2n) is 15.2. The van der Waals surface area contributed by atoms with Crippen molar-refractivity contribution < 1.29 is 38.2 Å². The molecular weight excluding hydrogens is 691 g/mol. The number of nitrogens with zero attached hydrogens (tertiary/aromatic N) is 1. The average molecular weight is 770 g/mol. The molecule has 0 aliphatic rings. The van der Waals surface area contributed by atoms with Gasteiger partial charge in [-0.05, 0) is 77.0 Å². The van der Waals surface area contributed by atoms with E-state index in [0.29, 0.717) is 6.42 Å². The van der Waals surface area contributed by atoms with E-state index >= 15 is 0 Å². The van der Waals surface area contributed by atoms with Gasteiger partial charge in [0, 0.05) is 19.3 Å². The molecule has 0 radical (unpaired) electrons. The number of hydrogen-bond acceptors (Lipinski definition) is 7. The van der Waals surface area contributed by atoms with Crippen molar-refractivity contribution in [2.24, 2.45) is 0 Å². The smallest absolute Gasteiger partial charge is 0.306 e. The Morgan fingerprint density at radius 3 is 1.58 bits per heavy atom. The Balaban J connectivity index is 4.49. The fraction of sp³-hybridized carbons (Fsp3) is 0.681. The molecule has 0 saturated heterocycles. The van der Waals surface area contributed by atoms with Gasteiger partial charge < -0.3 is 28.6 Å². The lowest BCUT2D eigenvalue weighted by Gasteiger charge is -2.34. The molecule has 0 fully saturated rings. The SMILES string of the molecule is CC/C=C/C/C=C/C/C=C/C/C=C/C/C=C/CCCC(=O)OCC(COCCC(C(=O)[O-])[N+](C)(C)C)OC(=O)CCCCC/C=C/CCCCCCCCC. The van der Waals surface area contributed by atoms with Crippen LogP contribution in [-0.4, -0.2) is 75.5 Å². The Labute approximate surface area is 336 Å². The van der Waals surface area contributed by atoms with E-state index in [4.69, 9.17) is 14.2 Å². The fourth-order valence-electron chi connectivity index (χ4n) is 5.75. The zero-order chi connectivity index (χ0) is 40.7. The van der Waals surface area contributed by atoms with Crippen molar-refractivity contribution in [2.45, 2.75) is 167 Å². The largest absolute Gasteiger partial charge is 0.544 e. The van der Waals surface area contributed by atoms with Crippen LogP contribution in [0, 0.1) is 0 Å². The summed E-state index contributed by atoms with van der Waals surface area (Å²) in [6.45, 7) is 4.45. The number of hydrogen-bond donors (Lipinski definition) is 0. The Hall–Kier alpha value is -3.23. The second kappa shape index (κ2) is 37.7. The third-order valence-electron chi connectivity index (χ3n) is 9.08.